The summed E-state index contributed by atoms with van der Waals surface area (Å²) >= 11 is 0. The van der Waals surface area contributed by atoms with E-state index in [1.807, 2.05) is 13.0 Å². The van der Waals surface area contributed by atoms with Crippen LogP contribution in [-0.4, -0.2) is 12.4 Å². The largest absolute Gasteiger partial charge is 0.476 e. The maximum absolute atomic E-state index is 10.5. The summed E-state index contributed by atoms with van der Waals surface area (Å²) in [5.41, 5.74) is 0.551. The molecule has 0 saturated carbocycles. The second-order valence-electron chi connectivity index (χ2n) is 2.83. The van der Waals surface area contributed by atoms with Crippen molar-refractivity contribution in [3.8, 4) is 11.8 Å². The van der Waals surface area contributed by atoms with Crippen molar-refractivity contribution < 1.29 is 9.53 Å². The first-order valence-corrected chi connectivity index (χ1v) is 4.41. The number of ether oxygens (including phenoxy) is 1. The molecule has 14 heavy (non-hydrogen) atoms. The second kappa shape index (κ2) is 5.03. The van der Waals surface area contributed by atoms with Gasteiger partial charge in [0.15, 0.2) is 6.10 Å². The Morgan fingerprint density at radius 3 is 3.00 bits per heavy atom. The molecule has 0 radical (unpaired) electrons. The number of hydrogen-bond acceptors (Lipinski definition) is 3. The Labute approximate surface area is 82.9 Å². The highest BCUT2D eigenvalue weighted by Crippen LogP contribution is 2.14. The van der Waals surface area contributed by atoms with Crippen LogP contribution in [0, 0.1) is 11.3 Å². The van der Waals surface area contributed by atoms with Crippen molar-refractivity contribution in [1.82, 2.24) is 0 Å². The van der Waals surface area contributed by atoms with E-state index >= 15 is 0 Å². The molecule has 1 aromatic carbocycles. The van der Waals surface area contributed by atoms with Gasteiger partial charge in [0.25, 0.3) is 0 Å². The molecule has 1 rings (SSSR count). The molecule has 1 atom stereocenters. The van der Waals surface area contributed by atoms with Crippen LogP contribution in [0.15, 0.2) is 24.3 Å². The van der Waals surface area contributed by atoms with Gasteiger partial charge in [0.05, 0.1) is 0 Å². The van der Waals surface area contributed by atoms with Gasteiger partial charge in [0.1, 0.15) is 18.1 Å². The van der Waals surface area contributed by atoms with E-state index in [1.54, 1.807) is 24.3 Å². The Bertz CT molecular complexity index is 355. The van der Waals surface area contributed by atoms with Gasteiger partial charge in [-0.3, -0.25) is 4.79 Å². The summed E-state index contributed by atoms with van der Waals surface area (Å²) in [5.74, 6) is 0.558. The number of rotatable bonds is 4. The van der Waals surface area contributed by atoms with Gasteiger partial charge in [-0.25, -0.2) is 0 Å². The second-order valence-corrected chi connectivity index (χ2v) is 2.83. The van der Waals surface area contributed by atoms with Gasteiger partial charge in [-0.05, 0) is 18.6 Å². The number of carbonyl (C=O) groups excluding carboxylic acids is 1. The maximum Gasteiger partial charge on any atom is 0.184 e. The molecule has 0 aromatic heterocycles. The monoisotopic (exact) mass is 189 g/mol. The van der Waals surface area contributed by atoms with E-state index in [4.69, 9.17) is 10.00 Å². The molecule has 0 aliphatic carbocycles. The third-order valence-electron chi connectivity index (χ3n) is 1.79. The first kappa shape index (κ1) is 10.3. The lowest BCUT2D eigenvalue weighted by Crippen LogP contribution is -2.12. The normalized spacial score (nSPS) is 11.4. The molecule has 1 aromatic rings. The van der Waals surface area contributed by atoms with Crippen LogP contribution in [0.25, 0.3) is 0 Å². The topological polar surface area (TPSA) is 50.1 Å². The molecule has 1 unspecified atom stereocenters. The predicted molar refractivity (Wildman–Crippen MR) is 52.1 cm³/mol. The fraction of sp³-hybridized carbons (Fsp3) is 0.273. The summed E-state index contributed by atoms with van der Waals surface area (Å²) in [4.78, 5) is 10.5. The zero-order valence-electron chi connectivity index (χ0n) is 7.93. The summed E-state index contributed by atoms with van der Waals surface area (Å²) in [7, 11) is 0. The minimum absolute atomic E-state index is 0.447. The van der Waals surface area contributed by atoms with Gasteiger partial charge in [-0.15, -0.1) is 0 Å². The van der Waals surface area contributed by atoms with E-state index in [0.29, 0.717) is 17.7 Å². The van der Waals surface area contributed by atoms with Gasteiger partial charge in [0, 0.05) is 5.56 Å². The third-order valence-corrected chi connectivity index (χ3v) is 1.79. The third kappa shape index (κ3) is 2.60. The molecule has 3 heteroatoms. The van der Waals surface area contributed by atoms with Crippen molar-refractivity contribution in [2.24, 2.45) is 0 Å². The Morgan fingerprint density at radius 2 is 2.43 bits per heavy atom. The number of nitrogens with zero attached hydrogens (tertiary/aromatic N) is 1. The smallest absolute Gasteiger partial charge is 0.184 e. The maximum atomic E-state index is 10.5. The van der Waals surface area contributed by atoms with Crippen molar-refractivity contribution >= 4 is 6.29 Å². The minimum Gasteiger partial charge on any atom is -0.476 e. The van der Waals surface area contributed by atoms with Crippen LogP contribution in [0.4, 0.5) is 0 Å². The molecule has 0 aliphatic rings. The lowest BCUT2D eigenvalue weighted by atomic mass is 10.2. The zero-order valence-corrected chi connectivity index (χ0v) is 7.93. The quantitative estimate of drug-likeness (QED) is 0.682. The molecule has 72 valence electrons. The molecule has 3 nitrogen and oxygen atoms in total. The van der Waals surface area contributed by atoms with Gasteiger partial charge in [-0.2, -0.15) is 5.26 Å². The first-order chi connectivity index (χ1) is 6.80. The van der Waals surface area contributed by atoms with Crippen LogP contribution in [0.5, 0.6) is 5.75 Å². The predicted octanol–water partition coefficient (Wildman–Crippen LogP) is 2.18. The number of hydrogen-bond donors (Lipinski definition) is 0. The molecule has 0 amide bonds. The van der Waals surface area contributed by atoms with Crippen molar-refractivity contribution in [2.75, 3.05) is 0 Å². The van der Waals surface area contributed by atoms with E-state index in [1.165, 1.54) is 0 Å². The molecule has 0 aliphatic heterocycles. The molecule has 0 N–H and O–H groups in total. The molecular formula is C11H11NO2. The zero-order chi connectivity index (χ0) is 10.4. The summed E-state index contributed by atoms with van der Waals surface area (Å²) in [6.45, 7) is 1.87. The summed E-state index contributed by atoms with van der Waals surface area (Å²) < 4.78 is 5.34. The highest BCUT2D eigenvalue weighted by molar-refractivity contribution is 5.75. The number of benzene rings is 1. The number of nitriles is 1. The van der Waals surface area contributed by atoms with Crippen molar-refractivity contribution in [3.05, 3.63) is 29.8 Å². The van der Waals surface area contributed by atoms with Crippen molar-refractivity contribution in [3.63, 3.8) is 0 Å². The Morgan fingerprint density at radius 1 is 1.64 bits per heavy atom. The molecular weight excluding hydrogens is 178 g/mol. The van der Waals surface area contributed by atoms with Gasteiger partial charge < -0.3 is 4.74 Å². The number of aldehydes is 1. The van der Waals surface area contributed by atoms with Crippen LogP contribution in [0.3, 0.4) is 0 Å². The van der Waals surface area contributed by atoms with Crippen molar-refractivity contribution in [2.45, 2.75) is 19.4 Å². The van der Waals surface area contributed by atoms with Gasteiger partial charge in [-0.1, -0.05) is 19.1 Å². The summed E-state index contributed by atoms with van der Waals surface area (Å²) in [6, 6.07) is 8.79. The lowest BCUT2D eigenvalue weighted by Gasteiger charge is -2.09. The van der Waals surface area contributed by atoms with E-state index in [2.05, 4.69) is 0 Å². The highest BCUT2D eigenvalue weighted by Gasteiger charge is 2.05. The molecule has 0 fully saturated rings. The van der Waals surface area contributed by atoms with Crippen LogP contribution in [0.2, 0.25) is 0 Å². The van der Waals surface area contributed by atoms with Gasteiger partial charge >= 0.3 is 0 Å². The van der Waals surface area contributed by atoms with Crippen LogP contribution < -0.4 is 4.74 Å². The summed E-state index contributed by atoms with van der Waals surface area (Å²) in [5, 5.41) is 8.67. The van der Waals surface area contributed by atoms with E-state index in [0.717, 1.165) is 6.29 Å². The van der Waals surface area contributed by atoms with E-state index in [-0.39, 0.29) is 0 Å². The first-order valence-electron chi connectivity index (χ1n) is 4.41. The van der Waals surface area contributed by atoms with Crippen LogP contribution in [-0.2, 0) is 0 Å². The lowest BCUT2D eigenvalue weighted by molar-refractivity contribution is 0.112. The van der Waals surface area contributed by atoms with E-state index < -0.39 is 6.10 Å². The molecule has 0 heterocycles. The standard InChI is InChI=1S/C11H11NO2/c1-2-10(7-12)14-11-5-3-4-9(6-11)8-13/h3-6,8,10H,2H2,1H3. The minimum atomic E-state index is -0.447. The summed E-state index contributed by atoms with van der Waals surface area (Å²) in [6.07, 6.45) is 0.930. The SMILES string of the molecule is CCC(C#N)Oc1cccc(C=O)c1. The van der Waals surface area contributed by atoms with E-state index in [9.17, 15) is 4.79 Å². The fourth-order valence-corrected chi connectivity index (χ4v) is 1.03. The average molecular weight is 189 g/mol. The molecule has 0 spiro atoms. The highest BCUT2D eigenvalue weighted by atomic mass is 16.5. The van der Waals surface area contributed by atoms with Crippen LogP contribution in [0.1, 0.15) is 23.7 Å². The number of carbonyl (C=O) groups is 1. The Hall–Kier alpha value is -1.82. The Balaban J connectivity index is 2.76. The van der Waals surface area contributed by atoms with Crippen molar-refractivity contribution in [1.29, 1.82) is 5.26 Å². The average Bonchev–Trinajstić information content (AvgIpc) is 2.26. The Kier molecular flexibility index (Phi) is 3.69. The fourth-order valence-electron chi connectivity index (χ4n) is 1.03. The van der Waals surface area contributed by atoms with Gasteiger partial charge in [0.2, 0.25) is 0 Å². The van der Waals surface area contributed by atoms with Crippen LogP contribution >= 0.6 is 0 Å². The molecule has 0 bridgehead atoms. The molecule has 0 saturated heterocycles.